The molecule has 1 amide bonds. The van der Waals surface area contributed by atoms with Crippen molar-refractivity contribution in [2.75, 3.05) is 6.61 Å². The van der Waals surface area contributed by atoms with E-state index < -0.39 is 0 Å². The third-order valence-electron chi connectivity index (χ3n) is 4.73. The van der Waals surface area contributed by atoms with Crippen LogP contribution >= 0.6 is 24.0 Å². The van der Waals surface area contributed by atoms with E-state index >= 15 is 0 Å². The van der Waals surface area contributed by atoms with Crippen LogP contribution in [-0.2, 0) is 4.79 Å². The molecular formula is C19H19NO2S2. The summed E-state index contributed by atoms with van der Waals surface area (Å²) in [4.78, 5) is 15.4. The lowest BCUT2D eigenvalue weighted by Crippen LogP contribution is -2.39. The average molecular weight is 358 g/mol. The number of nitrogens with zero attached hydrogens (tertiary/aromatic N) is 1. The van der Waals surface area contributed by atoms with Gasteiger partial charge in [-0.05, 0) is 36.6 Å². The van der Waals surface area contributed by atoms with Crippen LogP contribution in [0, 0.1) is 0 Å². The van der Waals surface area contributed by atoms with E-state index in [0.717, 1.165) is 34.6 Å². The third-order valence-corrected chi connectivity index (χ3v) is 6.06. The Balaban J connectivity index is 1.57. The Hall–Kier alpha value is -1.59. The van der Waals surface area contributed by atoms with E-state index in [9.17, 15) is 4.79 Å². The maximum atomic E-state index is 12.8. The molecule has 5 heteroatoms. The second kappa shape index (κ2) is 6.73. The fourth-order valence-corrected chi connectivity index (χ4v) is 4.94. The summed E-state index contributed by atoms with van der Waals surface area (Å²) >= 11 is 6.91. The number of thioether (sulfide) groups is 1. The van der Waals surface area contributed by atoms with Crippen LogP contribution in [0.15, 0.2) is 40.8 Å². The SMILES string of the molecule is O=C1/C(=C\C2=Cc3ccccc3OC2)SC(=S)N1C1CCCCC1. The number of thiocarbonyl (C=S) groups is 1. The average Bonchev–Trinajstić information content (AvgIpc) is 2.89. The lowest BCUT2D eigenvalue weighted by molar-refractivity contribution is -0.124. The van der Waals surface area contributed by atoms with Crippen molar-refractivity contribution < 1.29 is 9.53 Å². The van der Waals surface area contributed by atoms with Crippen molar-refractivity contribution >= 4 is 40.3 Å². The number of hydrogen-bond donors (Lipinski definition) is 0. The number of carbonyl (C=O) groups is 1. The highest BCUT2D eigenvalue weighted by molar-refractivity contribution is 8.26. The second-order valence-electron chi connectivity index (χ2n) is 6.39. The highest BCUT2D eigenvalue weighted by Gasteiger charge is 2.37. The monoisotopic (exact) mass is 357 g/mol. The maximum absolute atomic E-state index is 12.8. The van der Waals surface area contributed by atoms with Crippen LogP contribution in [0.3, 0.4) is 0 Å². The smallest absolute Gasteiger partial charge is 0.266 e. The molecule has 0 bridgehead atoms. The van der Waals surface area contributed by atoms with Crippen LogP contribution in [0.2, 0.25) is 0 Å². The zero-order valence-electron chi connectivity index (χ0n) is 13.4. The number of fused-ring (bicyclic) bond motifs is 1. The molecule has 0 atom stereocenters. The van der Waals surface area contributed by atoms with E-state index in [1.54, 1.807) is 0 Å². The molecular weight excluding hydrogens is 338 g/mol. The highest BCUT2D eigenvalue weighted by Crippen LogP contribution is 2.37. The third kappa shape index (κ3) is 3.03. The number of rotatable bonds is 2. The van der Waals surface area contributed by atoms with Gasteiger partial charge in [0.25, 0.3) is 5.91 Å². The van der Waals surface area contributed by atoms with Gasteiger partial charge in [0, 0.05) is 11.6 Å². The van der Waals surface area contributed by atoms with Gasteiger partial charge in [0.05, 0.1) is 4.91 Å². The minimum absolute atomic E-state index is 0.0664. The molecule has 0 aromatic heterocycles. The first-order valence-corrected chi connectivity index (χ1v) is 9.64. The molecule has 1 aromatic rings. The topological polar surface area (TPSA) is 29.5 Å². The number of ether oxygens (including phenoxy) is 1. The second-order valence-corrected chi connectivity index (χ2v) is 8.07. The molecule has 0 N–H and O–H groups in total. The Morgan fingerprint density at radius 2 is 2.00 bits per heavy atom. The quantitative estimate of drug-likeness (QED) is 0.574. The Labute approximate surface area is 151 Å². The Kier molecular flexibility index (Phi) is 4.46. The Bertz CT molecular complexity index is 747. The highest BCUT2D eigenvalue weighted by atomic mass is 32.2. The summed E-state index contributed by atoms with van der Waals surface area (Å²) in [6, 6.07) is 8.23. The molecule has 1 aromatic carbocycles. The molecule has 2 fully saturated rings. The van der Waals surface area contributed by atoms with E-state index in [2.05, 4.69) is 6.08 Å². The van der Waals surface area contributed by atoms with E-state index in [4.69, 9.17) is 17.0 Å². The molecule has 3 aliphatic rings. The van der Waals surface area contributed by atoms with E-state index in [-0.39, 0.29) is 11.9 Å². The predicted molar refractivity (Wildman–Crippen MR) is 102 cm³/mol. The number of benzene rings is 1. The maximum Gasteiger partial charge on any atom is 0.266 e. The molecule has 124 valence electrons. The normalized spacial score (nSPS) is 23.2. The summed E-state index contributed by atoms with van der Waals surface area (Å²) in [7, 11) is 0. The van der Waals surface area contributed by atoms with Gasteiger partial charge in [-0.25, -0.2) is 0 Å². The molecule has 2 heterocycles. The van der Waals surface area contributed by atoms with Crippen LogP contribution in [-0.4, -0.2) is 27.8 Å². The van der Waals surface area contributed by atoms with Crippen molar-refractivity contribution in [2.45, 2.75) is 38.1 Å². The lowest BCUT2D eigenvalue weighted by Gasteiger charge is -2.29. The minimum Gasteiger partial charge on any atom is -0.488 e. The molecule has 0 spiro atoms. The van der Waals surface area contributed by atoms with Crippen molar-refractivity contribution in [1.82, 2.24) is 4.90 Å². The van der Waals surface area contributed by atoms with Crippen LogP contribution in [0.1, 0.15) is 37.7 Å². The summed E-state index contributed by atoms with van der Waals surface area (Å²) in [5.41, 5.74) is 2.07. The van der Waals surface area contributed by atoms with Crippen LogP contribution < -0.4 is 4.74 Å². The molecule has 24 heavy (non-hydrogen) atoms. The molecule has 1 saturated carbocycles. The molecule has 4 rings (SSSR count). The fraction of sp³-hybridized carbons (Fsp3) is 0.368. The van der Waals surface area contributed by atoms with Gasteiger partial charge in [0.1, 0.15) is 16.7 Å². The van der Waals surface area contributed by atoms with Gasteiger partial charge in [-0.3, -0.25) is 9.69 Å². The van der Waals surface area contributed by atoms with Crippen molar-refractivity contribution in [3.63, 3.8) is 0 Å². The summed E-state index contributed by atoms with van der Waals surface area (Å²) in [5, 5.41) is 0. The van der Waals surface area contributed by atoms with E-state index in [1.165, 1.54) is 31.0 Å². The minimum atomic E-state index is 0.0664. The summed E-state index contributed by atoms with van der Waals surface area (Å²) in [6.07, 6.45) is 9.82. The first kappa shape index (κ1) is 15.9. The van der Waals surface area contributed by atoms with Crippen LogP contribution in [0.4, 0.5) is 0 Å². The first-order chi connectivity index (χ1) is 11.7. The van der Waals surface area contributed by atoms with Gasteiger partial charge in [-0.2, -0.15) is 0 Å². The van der Waals surface area contributed by atoms with Crippen molar-refractivity contribution in [2.24, 2.45) is 0 Å². The zero-order valence-corrected chi connectivity index (χ0v) is 15.0. The number of para-hydroxylation sites is 1. The van der Waals surface area contributed by atoms with Gasteiger partial charge in [-0.15, -0.1) is 0 Å². The fourth-order valence-electron chi connectivity index (χ4n) is 3.52. The van der Waals surface area contributed by atoms with Gasteiger partial charge < -0.3 is 4.74 Å². The van der Waals surface area contributed by atoms with Gasteiger partial charge in [0.2, 0.25) is 0 Å². The number of hydrogen-bond acceptors (Lipinski definition) is 4. The Morgan fingerprint density at radius 1 is 1.21 bits per heavy atom. The molecule has 1 aliphatic carbocycles. The number of amides is 1. The van der Waals surface area contributed by atoms with Gasteiger partial charge >= 0.3 is 0 Å². The molecule has 3 nitrogen and oxygen atoms in total. The molecule has 0 radical (unpaired) electrons. The zero-order chi connectivity index (χ0) is 16.5. The predicted octanol–water partition coefficient (Wildman–Crippen LogP) is 4.54. The summed E-state index contributed by atoms with van der Waals surface area (Å²) in [5.74, 6) is 0.959. The van der Waals surface area contributed by atoms with Crippen molar-refractivity contribution in [1.29, 1.82) is 0 Å². The standard InChI is InChI=1S/C19H19NO2S2/c21-18-17(24-19(23)20(18)15-7-2-1-3-8-15)11-13-10-14-6-4-5-9-16(14)22-12-13/h4-6,9-11,15H,1-3,7-8,12H2/b17-11+. The lowest BCUT2D eigenvalue weighted by atomic mass is 9.94. The molecule has 2 aliphatic heterocycles. The van der Waals surface area contributed by atoms with Crippen molar-refractivity contribution in [3.05, 3.63) is 46.4 Å². The molecule has 0 unspecified atom stereocenters. The summed E-state index contributed by atoms with van der Waals surface area (Å²) in [6.45, 7) is 0.491. The first-order valence-electron chi connectivity index (χ1n) is 8.42. The van der Waals surface area contributed by atoms with Gasteiger partial charge in [0.15, 0.2) is 0 Å². The molecule has 1 saturated heterocycles. The largest absolute Gasteiger partial charge is 0.488 e. The van der Waals surface area contributed by atoms with E-state index in [1.807, 2.05) is 35.2 Å². The number of carbonyl (C=O) groups excluding carboxylic acids is 1. The van der Waals surface area contributed by atoms with Crippen LogP contribution in [0.5, 0.6) is 5.75 Å². The Morgan fingerprint density at radius 3 is 2.83 bits per heavy atom. The summed E-state index contributed by atoms with van der Waals surface area (Å²) < 4.78 is 6.48. The van der Waals surface area contributed by atoms with Crippen molar-refractivity contribution in [3.8, 4) is 5.75 Å². The van der Waals surface area contributed by atoms with E-state index in [0.29, 0.717) is 10.9 Å². The van der Waals surface area contributed by atoms with Gasteiger partial charge in [-0.1, -0.05) is 61.4 Å². The van der Waals surface area contributed by atoms with Crippen LogP contribution in [0.25, 0.3) is 6.08 Å².